The second-order valence-corrected chi connectivity index (χ2v) is 5.51. The lowest BCUT2D eigenvalue weighted by Crippen LogP contribution is -1.89. The van der Waals surface area contributed by atoms with Crippen molar-refractivity contribution < 1.29 is 4.92 Å². The Labute approximate surface area is 116 Å². The maximum atomic E-state index is 10.7. The van der Waals surface area contributed by atoms with Gasteiger partial charge in [-0.2, -0.15) is 0 Å². The van der Waals surface area contributed by atoms with E-state index in [1.54, 1.807) is 23.9 Å². The summed E-state index contributed by atoms with van der Waals surface area (Å²) in [6.07, 6.45) is 0. The van der Waals surface area contributed by atoms with E-state index < -0.39 is 0 Å². The fourth-order valence-corrected chi connectivity index (χ4v) is 2.67. The van der Waals surface area contributed by atoms with E-state index in [1.165, 1.54) is 22.1 Å². The van der Waals surface area contributed by atoms with Crippen molar-refractivity contribution >= 4 is 17.4 Å². The smallest absolute Gasteiger partial charge is 0.258 e. The number of nitro groups is 1. The van der Waals surface area contributed by atoms with Crippen LogP contribution in [0.1, 0.15) is 16.7 Å². The number of non-ortho nitro benzene ring substituents is 1. The van der Waals surface area contributed by atoms with Crippen LogP contribution in [0.3, 0.4) is 0 Å². The van der Waals surface area contributed by atoms with Crippen molar-refractivity contribution in [2.24, 2.45) is 0 Å². The minimum Gasteiger partial charge on any atom is -0.258 e. The van der Waals surface area contributed by atoms with E-state index in [9.17, 15) is 10.1 Å². The standard InChI is InChI=1S/C15H15NO2S/c1-11-6-7-15(8-12(11)2)19-10-13-4-3-5-14(9-13)16(17)18/h3-9H,10H2,1-2H3. The van der Waals surface area contributed by atoms with Crippen LogP contribution in [0.15, 0.2) is 47.4 Å². The fourth-order valence-electron chi connectivity index (χ4n) is 1.73. The summed E-state index contributed by atoms with van der Waals surface area (Å²) >= 11 is 1.69. The summed E-state index contributed by atoms with van der Waals surface area (Å²) in [5.74, 6) is 0.740. The molecule has 0 amide bonds. The van der Waals surface area contributed by atoms with Crippen LogP contribution < -0.4 is 0 Å². The second-order valence-electron chi connectivity index (χ2n) is 4.46. The van der Waals surface area contributed by atoms with Crippen LogP contribution in [0, 0.1) is 24.0 Å². The Morgan fingerprint density at radius 2 is 1.89 bits per heavy atom. The van der Waals surface area contributed by atoms with Gasteiger partial charge >= 0.3 is 0 Å². The third kappa shape index (κ3) is 3.58. The minimum atomic E-state index is -0.357. The maximum absolute atomic E-state index is 10.7. The summed E-state index contributed by atoms with van der Waals surface area (Å²) in [7, 11) is 0. The molecule has 0 bridgehead atoms. The number of thioether (sulfide) groups is 1. The highest BCUT2D eigenvalue weighted by Gasteiger charge is 2.06. The van der Waals surface area contributed by atoms with E-state index in [4.69, 9.17) is 0 Å². The van der Waals surface area contributed by atoms with Crippen molar-refractivity contribution in [2.75, 3.05) is 0 Å². The molecule has 0 radical (unpaired) electrons. The van der Waals surface area contributed by atoms with Crippen LogP contribution in [0.5, 0.6) is 0 Å². The zero-order valence-corrected chi connectivity index (χ0v) is 11.7. The van der Waals surface area contributed by atoms with Crippen LogP contribution in [0.25, 0.3) is 0 Å². The third-order valence-corrected chi connectivity index (χ3v) is 4.07. The zero-order chi connectivity index (χ0) is 13.8. The van der Waals surface area contributed by atoms with Crippen LogP contribution >= 0.6 is 11.8 Å². The molecule has 4 heteroatoms. The molecule has 0 saturated carbocycles. The Morgan fingerprint density at radius 3 is 2.58 bits per heavy atom. The summed E-state index contributed by atoms with van der Waals surface area (Å²) in [6.45, 7) is 4.18. The first kappa shape index (κ1) is 13.6. The molecule has 0 saturated heterocycles. The molecule has 3 nitrogen and oxygen atoms in total. The Kier molecular flexibility index (Phi) is 4.22. The molecule has 0 aliphatic heterocycles. The van der Waals surface area contributed by atoms with Crippen molar-refractivity contribution in [3.63, 3.8) is 0 Å². The van der Waals surface area contributed by atoms with E-state index >= 15 is 0 Å². The highest BCUT2D eigenvalue weighted by molar-refractivity contribution is 7.98. The first-order valence-corrected chi connectivity index (χ1v) is 6.98. The van der Waals surface area contributed by atoms with Crippen LogP contribution in [-0.4, -0.2) is 4.92 Å². The maximum Gasteiger partial charge on any atom is 0.269 e. The lowest BCUT2D eigenvalue weighted by molar-refractivity contribution is -0.384. The lowest BCUT2D eigenvalue weighted by atomic mass is 10.1. The van der Waals surface area contributed by atoms with Crippen molar-refractivity contribution in [1.29, 1.82) is 0 Å². The van der Waals surface area contributed by atoms with Gasteiger partial charge in [-0.1, -0.05) is 18.2 Å². The van der Waals surface area contributed by atoms with Gasteiger partial charge in [-0.25, -0.2) is 0 Å². The Hall–Kier alpha value is -1.81. The SMILES string of the molecule is Cc1ccc(SCc2cccc([N+](=O)[O-])c2)cc1C. The minimum absolute atomic E-state index is 0.151. The summed E-state index contributed by atoms with van der Waals surface area (Å²) < 4.78 is 0. The Morgan fingerprint density at radius 1 is 1.11 bits per heavy atom. The molecule has 2 aromatic rings. The second kappa shape index (κ2) is 5.89. The third-order valence-electron chi connectivity index (χ3n) is 3.01. The van der Waals surface area contributed by atoms with Gasteiger partial charge in [0.2, 0.25) is 0 Å². The normalized spacial score (nSPS) is 10.4. The van der Waals surface area contributed by atoms with E-state index in [0.29, 0.717) is 0 Å². The molecule has 98 valence electrons. The number of hydrogen-bond donors (Lipinski definition) is 0. The lowest BCUT2D eigenvalue weighted by Gasteiger charge is -2.05. The topological polar surface area (TPSA) is 43.1 Å². The molecular formula is C15H15NO2S. The van der Waals surface area contributed by atoms with Crippen molar-refractivity contribution in [2.45, 2.75) is 24.5 Å². The largest absolute Gasteiger partial charge is 0.269 e. The summed E-state index contributed by atoms with van der Waals surface area (Å²) in [5.41, 5.74) is 3.67. The molecule has 0 heterocycles. The molecule has 0 fully saturated rings. The molecule has 2 rings (SSSR count). The molecule has 2 aromatic carbocycles. The van der Waals surface area contributed by atoms with Crippen molar-refractivity contribution in [3.8, 4) is 0 Å². The quantitative estimate of drug-likeness (QED) is 0.468. The number of rotatable bonds is 4. The molecule has 0 N–H and O–H groups in total. The van der Waals surface area contributed by atoms with Gasteiger partial charge in [-0.05, 0) is 42.7 Å². The molecule has 0 atom stereocenters. The first-order valence-electron chi connectivity index (χ1n) is 5.99. The van der Waals surface area contributed by atoms with E-state index in [2.05, 4.69) is 32.0 Å². The summed E-state index contributed by atoms with van der Waals surface area (Å²) in [4.78, 5) is 11.5. The molecule has 0 unspecified atom stereocenters. The number of benzene rings is 2. The summed E-state index contributed by atoms with van der Waals surface area (Å²) in [6, 6.07) is 13.1. The van der Waals surface area contributed by atoms with Crippen molar-refractivity contribution in [1.82, 2.24) is 0 Å². The number of hydrogen-bond acceptors (Lipinski definition) is 3. The molecule has 0 aromatic heterocycles. The van der Waals surface area contributed by atoms with Gasteiger partial charge in [0.15, 0.2) is 0 Å². The van der Waals surface area contributed by atoms with Gasteiger partial charge in [0.25, 0.3) is 5.69 Å². The molecule has 0 spiro atoms. The average Bonchev–Trinajstić information content (AvgIpc) is 2.40. The van der Waals surface area contributed by atoms with Gasteiger partial charge in [0.05, 0.1) is 4.92 Å². The van der Waals surface area contributed by atoms with E-state index in [-0.39, 0.29) is 10.6 Å². The predicted octanol–water partition coefficient (Wildman–Crippen LogP) is 4.50. The molecule has 0 aliphatic rings. The zero-order valence-electron chi connectivity index (χ0n) is 10.9. The number of nitrogens with zero attached hydrogens (tertiary/aromatic N) is 1. The predicted molar refractivity (Wildman–Crippen MR) is 78.6 cm³/mol. The van der Waals surface area contributed by atoms with Gasteiger partial charge in [0, 0.05) is 22.8 Å². The van der Waals surface area contributed by atoms with Gasteiger partial charge in [-0.3, -0.25) is 10.1 Å². The van der Waals surface area contributed by atoms with Crippen LogP contribution in [-0.2, 0) is 5.75 Å². The Balaban J connectivity index is 2.07. The fraction of sp³-hybridized carbons (Fsp3) is 0.200. The molecular weight excluding hydrogens is 258 g/mol. The monoisotopic (exact) mass is 273 g/mol. The summed E-state index contributed by atoms with van der Waals surface area (Å²) in [5, 5.41) is 10.7. The number of nitro benzene ring substituents is 1. The molecule has 0 aliphatic carbocycles. The number of aryl methyl sites for hydroxylation is 2. The highest BCUT2D eigenvalue weighted by atomic mass is 32.2. The van der Waals surface area contributed by atoms with Gasteiger partial charge in [-0.15, -0.1) is 11.8 Å². The first-order chi connectivity index (χ1) is 9.06. The van der Waals surface area contributed by atoms with Gasteiger partial charge < -0.3 is 0 Å². The van der Waals surface area contributed by atoms with Gasteiger partial charge in [0.1, 0.15) is 0 Å². The van der Waals surface area contributed by atoms with Crippen molar-refractivity contribution in [3.05, 3.63) is 69.3 Å². The Bertz CT molecular complexity index is 611. The van der Waals surface area contributed by atoms with E-state index in [1.807, 2.05) is 6.07 Å². The van der Waals surface area contributed by atoms with Crippen LogP contribution in [0.4, 0.5) is 5.69 Å². The molecule has 19 heavy (non-hydrogen) atoms. The highest BCUT2D eigenvalue weighted by Crippen LogP contribution is 2.26. The van der Waals surface area contributed by atoms with E-state index in [0.717, 1.165) is 11.3 Å². The average molecular weight is 273 g/mol. The van der Waals surface area contributed by atoms with Crippen LogP contribution in [0.2, 0.25) is 0 Å².